The van der Waals surface area contributed by atoms with Crippen LogP contribution >= 0.6 is 11.3 Å². The molecular weight excluding hydrogens is 356 g/mol. The summed E-state index contributed by atoms with van der Waals surface area (Å²) in [5.41, 5.74) is 1.92. The van der Waals surface area contributed by atoms with E-state index in [2.05, 4.69) is 35.8 Å². The summed E-state index contributed by atoms with van der Waals surface area (Å²) in [7, 11) is 1.84. The fourth-order valence-electron chi connectivity index (χ4n) is 2.94. The van der Waals surface area contributed by atoms with Crippen LogP contribution in [-0.4, -0.2) is 49.7 Å². The maximum absolute atomic E-state index is 12.9. The van der Waals surface area contributed by atoms with Gasteiger partial charge in [-0.1, -0.05) is 0 Å². The number of thiazole rings is 1. The number of fused-ring (bicyclic) bond motifs is 3. The molecule has 0 saturated heterocycles. The summed E-state index contributed by atoms with van der Waals surface area (Å²) in [6.07, 6.45) is 4.97. The molecule has 5 heterocycles. The third kappa shape index (κ3) is 2.23. The molecular formula is C14H12N10OS. The van der Waals surface area contributed by atoms with Crippen LogP contribution in [0.3, 0.4) is 0 Å². The van der Waals surface area contributed by atoms with Crippen LogP contribution in [0.15, 0.2) is 29.6 Å². The van der Waals surface area contributed by atoms with Crippen LogP contribution in [0, 0.1) is 0 Å². The molecule has 0 radical (unpaired) electrons. The van der Waals surface area contributed by atoms with Crippen molar-refractivity contribution in [3.63, 3.8) is 0 Å². The van der Waals surface area contributed by atoms with Gasteiger partial charge in [-0.3, -0.25) is 9.89 Å². The van der Waals surface area contributed by atoms with E-state index < -0.39 is 0 Å². The molecule has 5 aromatic heterocycles. The second kappa shape index (κ2) is 5.56. The number of nitrogens with one attached hydrogen (secondary N) is 1. The average Bonchev–Trinajstić information content (AvgIpc) is 3.39. The zero-order valence-electron chi connectivity index (χ0n) is 13.6. The van der Waals surface area contributed by atoms with Crippen molar-refractivity contribution in [2.24, 2.45) is 7.05 Å². The van der Waals surface area contributed by atoms with Crippen LogP contribution in [-0.2, 0) is 20.1 Å². The van der Waals surface area contributed by atoms with Gasteiger partial charge in [-0.25, -0.2) is 14.3 Å². The van der Waals surface area contributed by atoms with Crippen LogP contribution in [0.4, 0.5) is 0 Å². The standard InChI is InChI=1S/C14H12N10OS/c1-22-11-9(4-17-24(14(11)25)5-8-2-3-15-19-8)12-13(22)18-10(26-12)6-23-7-16-20-21-23/h2-4,7H,5-6H2,1H3,(H,15,19). The van der Waals surface area contributed by atoms with Gasteiger partial charge in [0.1, 0.15) is 16.9 Å². The van der Waals surface area contributed by atoms with Crippen molar-refractivity contribution < 1.29 is 0 Å². The van der Waals surface area contributed by atoms with Crippen LogP contribution < -0.4 is 5.56 Å². The van der Waals surface area contributed by atoms with Gasteiger partial charge >= 0.3 is 0 Å². The molecule has 0 spiro atoms. The van der Waals surface area contributed by atoms with Gasteiger partial charge in [-0.2, -0.15) is 10.2 Å². The SMILES string of the molecule is Cn1c2nc(Cn3cnnn3)sc2c2cnn(Cc3cc[nH]n3)c(=O)c21. The van der Waals surface area contributed by atoms with E-state index in [0.717, 1.165) is 26.4 Å². The van der Waals surface area contributed by atoms with Gasteiger partial charge in [0.25, 0.3) is 5.56 Å². The highest BCUT2D eigenvalue weighted by molar-refractivity contribution is 7.19. The molecule has 0 fully saturated rings. The molecule has 26 heavy (non-hydrogen) atoms. The number of aromatic amines is 1. The second-order valence-corrected chi connectivity index (χ2v) is 6.85. The summed E-state index contributed by atoms with van der Waals surface area (Å²) in [5, 5.41) is 23.9. The Kier molecular flexibility index (Phi) is 3.18. The van der Waals surface area contributed by atoms with E-state index >= 15 is 0 Å². The van der Waals surface area contributed by atoms with Crippen LogP contribution in [0.1, 0.15) is 10.7 Å². The van der Waals surface area contributed by atoms with E-state index in [9.17, 15) is 4.79 Å². The van der Waals surface area contributed by atoms with E-state index in [4.69, 9.17) is 0 Å². The molecule has 0 saturated carbocycles. The number of nitrogens with zero attached hydrogens (tertiary/aromatic N) is 9. The molecule has 11 nitrogen and oxygen atoms in total. The third-order valence-corrected chi connectivity index (χ3v) is 5.19. The largest absolute Gasteiger partial charge is 0.323 e. The molecule has 0 aliphatic carbocycles. The van der Waals surface area contributed by atoms with Gasteiger partial charge < -0.3 is 4.57 Å². The molecule has 1 N–H and O–H groups in total. The fraction of sp³-hybridized carbons (Fsp3) is 0.214. The highest BCUT2D eigenvalue weighted by atomic mass is 32.1. The average molecular weight is 368 g/mol. The van der Waals surface area contributed by atoms with Gasteiger partial charge in [0.15, 0.2) is 5.65 Å². The van der Waals surface area contributed by atoms with E-state index in [1.54, 1.807) is 23.4 Å². The first-order chi connectivity index (χ1) is 12.7. The van der Waals surface area contributed by atoms with E-state index in [1.807, 2.05) is 17.7 Å². The quantitative estimate of drug-likeness (QED) is 0.479. The summed E-state index contributed by atoms with van der Waals surface area (Å²) in [5.74, 6) is 0. The molecule has 0 bridgehead atoms. The van der Waals surface area contributed by atoms with E-state index in [1.165, 1.54) is 16.0 Å². The minimum atomic E-state index is -0.166. The summed E-state index contributed by atoms with van der Waals surface area (Å²) in [4.78, 5) is 17.5. The summed E-state index contributed by atoms with van der Waals surface area (Å²) in [6, 6.07) is 1.81. The lowest BCUT2D eigenvalue weighted by molar-refractivity contribution is 0.631. The Bertz CT molecular complexity index is 1260. The Hall–Kier alpha value is -3.41. The highest BCUT2D eigenvalue weighted by Crippen LogP contribution is 2.30. The Morgan fingerprint density at radius 1 is 1.31 bits per heavy atom. The van der Waals surface area contributed by atoms with Gasteiger partial charge in [0, 0.05) is 18.6 Å². The van der Waals surface area contributed by atoms with Crippen molar-refractivity contribution in [1.82, 2.24) is 49.7 Å². The lowest BCUT2D eigenvalue weighted by atomic mass is 10.3. The number of tetrazole rings is 1. The van der Waals surface area contributed by atoms with Crippen molar-refractivity contribution in [2.75, 3.05) is 0 Å². The molecule has 12 heteroatoms. The van der Waals surface area contributed by atoms with Crippen LogP contribution in [0.25, 0.3) is 21.3 Å². The topological polar surface area (TPSA) is 125 Å². The summed E-state index contributed by atoms with van der Waals surface area (Å²) >= 11 is 1.51. The fourth-order valence-corrected chi connectivity index (χ4v) is 4.03. The first-order valence-electron chi connectivity index (χ1n) is 7.74. The molecule has 0 aromatic carbocycles. The number of aryl methyl sites for hydroxylation is 1. The van der Waals surface area contributed by atoms with Gasteiger partial charge in [-0.15, -0.1) is 16.4 Å². The van der Waals surface area contributed by atoms with Crippen molar-refractivity contribution in [1.29, 1.82) is 0 Å². The van der Waals surface area contributed by atoms with Crippen molar-refractivity contribution in [3.05, 3.63) is 45.8 Å². The monoisotopic (exact) mass is 368 g/mol. The number of hydrogen-bond donors (Lipinski definition) is 1. The molecule has 0 atom stereocenters. The minimum absolute atomic E-state index is 0.166. The third-order valence-electron chi connectivity index (χ3n) is 4.13. The number of H-pyrrole nitrogens is 1. The smallest absolute Gasteiger partial charge is 0.291 e. The van der Waals surface area contributed by atoms with E-state index in [-0.39, 0.29) is 5.56 Å². The summed E-state index contributed by atoms with van der Waals surface area (Å²) < 4.78 is 5.76. The van der Waals surface area contributed by atoms with Crippen molar-refractivity contribution in [3.8, 4) is 0 Å². The van der Waals surface area contributed by atoms with Crippen LogP contribution in [0.5, 0.6) is 0 Å². The maximum Gasteiger partial charge on any atom is 0.291 e. The molecule has 5 rings (SSSR count). The normalized spacial score (nSPS) is 11.7. The number of rotatable bonds is 4. The Labute approximate surface area is 148 Å². The Balaban J connectivity index is 1.62. The first-order valence-corrected chi connectivity index (χ1v) is 8.55. The predicted octanol–water partition coefficient (Wildman–Crippen LogP) is 0.151. The lowest BCUT2D eigenvalue weighted by Gasteiger charge is -2.03. The number of hydrogen-bond acceptors (Lipinski definition) is 8. The zero-order chi connectivity index (χ0) is 17.7. The van der Waals surface area contributed by atoms with Gasteiger partial charge in [-0.05, 0) is 16.5 Å². The molecule has 0 amide bonds. The van der Waals surface area contributed by atoms with Crippen molar-refractivity contribution >= 4 is 32.6 Å². The van der Waals surface area contributed by atoms with Gasteiger partial charge in [0.2, 0.25) is 0 Å². The molecule has 0 aliphatic rings. The second-order valence-electron chi connectivity index (χ2n) is 5.76. The van der Waals surface area contributed by atoms with Crippen molar-refractivity contribution in [2.45, 2.75) is 13.1 Å². The zero-order valence-corrected chi connectivity index (χ0v) is 14.4. The lowest BCUT2D eigenvalue weighted by Crippen LogP contribution is -2.24. The minimum Gasteiger partial charge on any atom is -0.323 e. The molecule has 0 aliphatic heterocycles. The van der Waals surface area contributed by atoms with E-state index in [0.29, 0.717) is 18.6 Å². The highest BCUT2D eigenvalue weighted by Gasteiger charge is 2.18. The van der Waals surface area contributed by atoms with Gasteiger partial charge in [0.05, 0.1) is 29.7 Å². The molecule has 130 valence electrons. The predicted molar refractivity (Wildman–Crippen MR) is 92.8 cm³/mol. The Morgan fingerprint density at radius 3 is 3.00 bits per heavy atom. The number of aromatic nitrogens is 10. The van der Waals surface area contributed by atoms with Crippen LogP contribution in [0.2, 0.25) is 0 Å². The molecule has 0 unspecified atom stereocenters. The Morgan fingerprint density at radius 2 is 2.23 bits per heavy atom. The first kappa shape index (κ1) is 14.9. The molecule has 5 aromatic rings. The maximum atomic E-state index is 12.9. The summed E-state index contributed by atoms with van der Waals surface area (Å²) in [6.45, 7) is 0.798.